The number of carboxylic acid groups (broad SMARTS) is 1. The molecule has 10 nitrogen and oxygen atoms in total. The minimum atomic E-state index is -1.29. The fraction of sp³-hybridized carbons (Fsp3) is 0.182. The van der Waals surface area contributed by atoms with Crippen LogP contribution in [-0.4, -0.2) is 47.5 Å². The zero-order chi connectivity index (χ0) is 26.4. The summed E-state index contributed by atoms with van der Waals surface area (Å²) in [6, 6.07) is 4.18. The normalized spacial score (nSPS) is 15.3. The van der Waals surface area contributed by atoms with Crippen LogP contribution in [0.3, 0.4) is 0 Å². The van der Waals surface area contributed by atoms with Gasteiger partial charge in [-0.05, 0) is 36.8 Å². The molecule has 2 unspecified atom stereocenters. The molecule has 0 spiro atoms. The predicted molar refractivity (Wildman–Crippen MR) is 130 cm³/mol. The van der Waals surface area contributed by atoms with E-state index in [1.165, 1.54) is 24.3 Å². The van der Waals surface area contributed by atoms with Gasteiger partial charge in [-0.1, -0.05) is 17.7 Å². The van der Waals surface area contributed by atoms with E-state index in [4.69, 9.17) is 11.6 Å². The van der Waals surface area contributed by atoms with E-state index in [1.807, 2.05) is 0 Å². The summed E-state index contributed by atoms with van der Waals surface area (Å²) in [6.07, 6.45) is 2.08. The van der Waals surface area contributed by atoms with Crippen LogP contribution < -0.4 is 21.3 Å². The van der Waals surface area contributed by atoms with E-state index in [0.717, 1.165) is 18.9 Å². The molecule has 1 aliphatic heterocycles. The van der Waals surface area contributed by atoms with Crippen LogP contribution in [0.1, 0.15) is 16.8 Å². The molecule has 190 valence electrons. The zero-order valence-corrected chi connectivity index (χ0v) is 20.0. The number of carbonyl (C=O) groups is 4. The Bertz CT molecular complexity index is 1230. The molecule has 0 bridgehead atoms. The highest BCUT2D eigenvalue weighted by Gasteiger charge is 2.33. The molecule has 0 radical (unpaired) electrons. The Morgan fingerprint density at radius 1 is 1.03 bits per heavy atom. The maximum Gasteiger partial charge on any atom is 0.340 e. The first-order chi connectivity index (χ1) is 17.1. The first-order valence-electron chi connectivity index (χ1n) is 10.2. The number of rotatable bonds is 7. The molecule has 0 fully saturated rings. The number of esters is 1. The van der Waals surface area contributed by atoms with Gasteiger partial charge in [0.05, 0.1) is 22.7 Å². The van der Waals surface area contributed by atoms with Crippen molar-refractivity contribution in [2.45, 2.75) is 17.7 Å². The summed E-state index contributed by atoms with van der Waals surface area (Å²) < 4.78 is 32.1. The number of anilines is 3. The van der Waals surface area contributed by atoms with E-state index < -0.39 is 46.9 Å². The van der Waals surface area contributed by atoms with Crippen molar-refractivity contribution in [2.24, 2.45) is 0 Å². The van der Waals surface area contributed by atoms with E-state index in [-0.39, 0.29) is 16.9 Å². The number of amides is 4. The average molecular weight is 541 g/mol. The van der Waals surface area contributed by atoms with Crippen LogP contribution in [0.15, 0.2) is 46.8 Å². The molecule has 3 rings (SSSR count). The maximum absolute atomic E-state index is 13.6. The highest BCUT2D eigenvalue weighted by molar-refractivity contribution is 8.05. The lowest BCUT2D eigenvalue weighted by Crippen LogP contribution is -2.48. The first kappa shape index (κ1) is 26.8. The summed E-state index contributed by atoms with van der Waals surface area (Å²) >= 11 is 7.03. The third-order valence-corrected chi connectivity index (χ3v) is 6.39. The van der Waals surface area contributed by atoms with Crippen molar-refractivity contribution in [2.75, 3.05) is 23.1 Å². The SMILES string of the molecule is COC(=O)c1cc(F)c(F)cc1NC(=O)Nc1ccc(NC(=O)NC(C(=O)O)C2CC=C(Cl)S2)cc1. The number of halogens is 3. The van der Waals surface area contributed by atoms with E-state index >= 15 is 0 Å². The topological polar surface area (TPSA) is 146 Å². The van der Waals surface area contributed by atoms with Crippen molar-refractivity contribution in [3.05, 3.63) is 64.0 Å². The number of nitrogens with one attached hydrogen (secondary N) is 4. The van der Waals surface area contributed by atoms with Crippen molar-refractivity contribution in [1.29, 1.82) is 0 Å². The third kappa shape index (κ3) is 6.86. The molecule has 2 atom stereocenters. The largest absolute Gasteiger partial charge is 0.480 e. The summed E-state index contributed by atoms with van der Waals surface area (Å²) in [5.41, 5.74) is -0.137. The van der Waals surface area contributed by atoms with Gasteiger partial charge < -0.3 is 31.1 Å². The van der Waals surface area contributed by atoms with E-state index in [0.29, 0.717) is 28.6 Å². The number of urea groups is 2. The molecule has 4 amide bonds. The van der Waals surface area contributed by atoms with Gasteiger partial charge in [-0.3, -0.25) is 0 Å². The second kappa shape index (κ2) is 11.7. The van der Waals surface area contributed by atoms with Gasteiger partial charge in [0.1, 0.15) is 6.04 Å². The number of carbonyl (C=O) groups excluding carboxylic acids is 3. The Morgan fingerprint density at radius 2 is 1.61 bits per heavy atom. The molecule has 1 heterocycles. The van der Waals surface area contributed by atoms with Crippen LogP contribution in [0.4, 0.5) is 35.4 Å². The predicted octanol–water partition coefficient (Wildman–Crippen LogP) is 4.56. The summed E-state index contributed by atoms with van der Waals surface area (Å²) in [5.74, 6) is -4.74. The van der Waals surface area contributed by atoms with Crippen LogP contribution in [0.5, 0.6) is 0 Å². The van der Waals surface area contributed by atoms with Crippen LogP contribution >= 0.6 is 23.4 Å². The Hall–Kier alpha value is -3.84. The van der Waals surface area contributed by atoms with E-state index in [1.54, 1.807) is 6.08 Å². The smallest absolute Gasteiger partial charge is 0.340 e. The van der Waals surface area contributed by atoms with Gasteiger partial charge >= 0.3 is 24.0 Å². The number of hydrogen-bond acceptors (Lipinski definition) is 6. The summed E-state index contributed by atoms with van der Waals surface area (Å²) in [5, 5.41) is 18.5. The van der Waals surface area contributed by atoms with E-state index in [9.17, 15) is 33.1 Å². The van der Waals surface area contributed by atoms with Gasteiger partial charge in [0.15, 0.2) is 11.6 Å². The van der Waals surface area contributed by atoms with E-state index in [2.05, 4.69) is 26.0 Å². The monoisotopic (exact) mass is 540 g/mol. The lowest BCUT2D eigenvalue weighted by Gasteiger charge is -2.20. The second-order valence-corrected chi connectivity index (χ2v) is 9.19. The van der Waals surface area contributed by atoms with Crippen molar-refractivity contribution in [1.82, 2.24) is 5.32 Å². The first-order valence-corrected chi connectivity index (χ1v) is 11.4. The lowest BCUT2D eigenvalue weighted by molar-refractivity contribution is -0.139. The standard InChI is InChI=1S/C22H19ClF2N4O6S/c1-35-20(32)12-8-13(24)14(25)9-15(12)28-21(33)26-10-2-4-11(5-3-10)27-22(34)29-18(19(30)31)16-6-7-17(23)36-16/h2-5,7-9,16,18H,6H2,1H3,(H,30,31)(H2,26,28,33)(H2,27,29,34). The number of benzene rings is 2. The van der Waals surface area contributed by atoms with Crippen molar-refractivity contribution >= 4 is 64.4 Å². The molecule has 14 heteroatoms. The van der Waals surface area contributed by atoms with Crippen molar-refractivity contribution in [3.63, 3.8) is 0 Å². The summed E-state index contributed by atoms with van der Waals surface area (Å²) in [6.45, 7) is 0. The number of hydrogen-bond donors (Lipinski definition) is 5. The third-order valence-electron chi connectivity index (χ3n) is 4.81. The molecule has 2 aromatic rings. The molecule has 0 saturated heterocycles. The van der Waals surface area contributed by atoms with Crippen LogP contribution in [0, 0.1) is 11.6 Å². The molecule has 2 aromatic carbocycles. The van der Waals surface area contributed by atoms with Gasteiger partial charge in [-0.15, -0.1) is 11.8 Å². The second-order valence-electron chi connectivity index (χ2n) is 7.27. The number of thioether (sulfide) groups is 1. The molecular formula is C22H19ClF2N4O6S. The van der Waals surface area contributed by atoms with Crippen LogP contribution in [0.25, 0.3) is 0 Å². The van der Waals surface area contributed by atoms with Gasteiger partial charge in [-0.2, -0.15) is 0 Å². The van der Waals surface area contributed by atoms with Crippen molar-refractivity contribution < 1.29 is 37.8 Å². The Balaban J connectivity index is 1.59. The molecule has 0 aliphatic carbocycles. The summed E-state index contributed by atoms with van der Waals surface area (Å²) in [7, 11) is 1.05. The van der Waals surface area contributed by atoms with Crippen LogP contribution in [-0.2, 0) is 9.53 Å². The molecule has 1 aliphatic rings. The molecule has 36 heavy (non-hydrogen) atoms. The minimum Gasteiger partial charge on any atom is -0.480 e. The number of methoxy groups -OCH3 is 1. The Labute approximate surface area is 212 Å². The molecule has 0 saturated carbocycles. The average Bonchev–Trinajstić information content (AvgIpc) is 3.26. The number of carboxylic acids is 1. The van der Waals surface area contributed by atoms with Gasteiger partial charge in [0.25, 0.3) is 0 Å². The Morgan fingerprint density at radius 3 is 2.14 bits per heavy atom. The van der Waals surface area contributed by atoms with Gasteiger partial charge in [-0.25, -0.2) is 28.0 Å². The Kier molecular flexibility index (Phi) is 8.72. The van der Waals surface area contributed by atoms with Crippen molar-refractivity contribution in [3.8, 4) is 0 Å². The minimum absolute atomic E-state index is 0.257. The highest BCUT2D eigenvalue weighted by Crippen LogP contribution is 2.36. The number of allylic oxidation sites excluding steroid dienone is 1. The number of aliphatic carboxylic acids is 1. The van der Waals surface area contributed by atoms with Gasteiger partial charge in [0.2, 0.25) is 0 Å². The molecule has 0 aromatic heterocycles. The quantitative estimate of drug-likeness (QED) is 0.324. The lowest BCUT2D eigenvalue weighted by atomic mass is 10.1. The summed E-state index contributed by atoms with van der Waals surface area (Å²) in [4.78, 5) is 47.9. The fourth-order valence-electron chi connectivity index (χ4n) is 3.13. The van der Waals surface area contributed by atoms with Crippen LogP contribution in [0.2, 0.25) is 0 Å². The van der Waals surface area contributed by atoms with Gasteiger partial charge in [0, 0.05) is 22.7 Å². The maximum atomic E-state index is 13.6. The highest BCUT2D eigenvalue weighted by atomic mass is 35.5. The zero-order valence-electron chi connectivity index (χ0n) is 18.4. The molecular weight excluding hydrogens is 522 g/mol. The fourth-order valence-corrected chi connectivity index (χ4v) is 4.55. The molecule has 5 N–H and O–H groups in total. The number of ether oxygens (including phenoxy) is 1.